The fourth-order valence-electron chi connectivity index (χ4n) is 3.28. The van der Waals surface area contributed by atoms with E-state index in [1.807, 2.05) is 18.2 Å². The molecule has 1 amide bonds. The minimum atomic E-state index is -0.711. The summed E-state index contributed by atoms with van der Waals surface area (Å²) in [6.45, 7) is 11.2. The maximum atomic E-state index is 14.3. The smallest absolute Gasteiger partial charge is 0.260 e. The van der Waals surface area contributed by atoms with Gasteiger partial charge in [0, 0.05) is 24.0 Å². The van der Waals surface area contributed by atoms with Gasteiger partial charge in [0.15, 0.2) is 0 Å². The lowest BCUT2D eigenvalue weighted by molar-refractivity contribution is -0.111. The molecule has 1 atom stereocenters. The molecule has 1 heterocycles. The minimum Gasteiger partial charge on any atom is -0.436 e. The molecule has 0 spiro atoms. The fraction of sp³-hybridized carbons (Fsp3) is 0.320. The fourth-order valence-corrected chi connectivity index (χ4v) is 3.28. The van der Waals surface area contributed by atoms with E-state index < -0.39 is 5.82 Å². The van der Waals surface area contributed by atoms with Crippen molar-refractivity contribution in [3.05, 3.63) is 72.9 Å². The summed E-state index contributed by atoms with van der Waals surface area (Å²) in [4.78, 5) is 22.0. The van der Waals surface area contributed by atoms with E-state index in [1.54, 1.807) is 24.3 Å². The third kappa shape index (κ3) is 7.50. The van der Waals surface area contributed by atoms with Crippen LogP contribution in [0.3, 0.4) is 0 Å². The highest BCUT2D eigenvalue weighted by molar-refractivity contribution is 5.98. The summed E-state index contributed by atoms with van der Waals surface area (Å²) >= 11 is 0. The van der Waals surface area contributed by atoms with E-state index in [2.05, 4.69) is 45.9 Å². The van der Waals surface area contributed by atoms with Crippen molar-refractivity contribution < 1.29 is 18.7 Å². The van der Waals surface area contributed by atoms with Crippen LogP contribution in [-0.4, -0.2) is 53.1 Å². The molecule has 0 radical (unpaired) electrons. The number of anilines is 2. The Kier molecular flexibility index (Phi) is 9.30. The number of allylic oxidation sites excluding steroid dienone is 1. The lowest BCUT2D eigenvalue weighted by Gasteiger charge is -2.21. The normalized spacial score (nSPS) is 15.1. The first-order valence-electron chi connectivity index (χ1n) is 11.2. The van der Waals surface area contributed by atoms with Gasteiger partial charge < -0.3 is 25.0 Å². The van der Waals surface area contributed by atoms with Crippen molar-refractivity contribution in [3.63, 3.8) is 0 Å². The van der Waals surface area contributed by atoms with E-state index in [1.165, 1.54) is 0 Å². The zero-order chi connectivity index (χ0) is 24.3. The molecule has 0 aliphatic heterocycles. The number of carbonyl (C=O) groups is 1. The highest BCUT2D eigenvalue weighted by Gasteiger charge is 2.14. The van der Waals surface area contributed by atoms with Crippen molar-refractivity contribution in [1.29, 1.82) is 0 Å². The maximum Gasteiger partial charge on any atom is 0.260 e. The Hall–Kier alpha value is -3.56. The van der Waals surface area contributed by atoms with Crippen molar-refractivity contribution in [2.24, 2.45) is 0 Å². The third-order valence-electron chi connectivity index (χ3n) is 5.13. The van der Waals surface area contributed by atoms with Gasteiger partial charge in [-0.25, -0.2) is 4.98 Å². The Balaban J connectivity index is 1.64. The quantitative estimate of drug-likeness (QED) is 0.444. The van der Waals surface area contributed by atoms with Gasteiger partial charge in [-0.3, -0.25) is 4.79 Å². The maximum absolute atomic E-state index is 14.3. The lowest BCUT2D eigenvalue weighted by Crippen LogP contribution is -2.28. The number of amides is 1. The third-order valence-corrected chi connectivity index (χ3v) is 5.13. The molecule has 0 fully saturated rings. The number of likely N-dealkylation sites (N-methyl/N-ethyl adjacent to an activating group) is 1. The summed E-state index contributed by atoms with van der Waals surface area (Å²) in [5.74, 6) is -0.814. The predicted octanol–water partition coefficient (Wildman–Crippen LogP) is 4.52. The van der Waals surface area contributed by atoms with Crippen molar-refractivity contribution >= 4 is 17.5 Å². The van der Waals surface area contributed by atoms with Crippen LogP contribution >= 0.6 is 0 Å². The molecule has 3 rings (SSSR count). The van der Waals surface area contributed by atoms with Crippen molar-refractivity contribution in [2.75, 3.05) is 36.9 Å². The molecule has 1 unspecified atom stereocenters. The molecule has 2 N–H and O–H groups in total. The summed E-state index contributed by atoms with van der Waals surface area (Å²) in [7, 11) is 0. The monoisotopic (exact) mass is 467 g/mol. The zero-order valence-electron chi connectivity index (χ0n) is 19.5. The number of halogens is 1. The van der Waals surface area contributed by atoms with Gasteiger partial charge in [0.1, 0.15) is 5.75 Å². The predicted molar refractivity (Wildman–Crippen MR) is 130 cm³/mol. The average Bonchev–Trinajstić information content (AvgIpc) is 2.84. The summed E-state index contributed by atoms with van der Waals surface area (Å²) in [5.41, 5.74) is 1.24. The largest absolute Gasteiger partial charge is 0.436 e. The van der Waals surface area contributed by atoms with E-state index in [0.29, 0.717) is 18.0 Å². The second-order valence-corrected chi connectivity index (χ2v) is 7.49. The molecular weight excluding hydrogens is 437 g/mol. The molecule has 1 aromatic carbocycles. The van der Waals surface area contributed by atoms with Crippen LogP contribution in [0, 0.1) is 5.82 Å². The highest BCUT2D eigenvalue weighted by atomic mass is 19.1. The topological polar surface area (TPSA) is 88.6 Å². The van der Waals surface area contributed by atoms with E-state index >= 15 is 0 Å². The van der Waals surface area contributed by atoms with Crippen molar-refractivity contribution in [2.45, 2.75) is 26.4 Å². The first-order chi connectivity index (χ1) is 16.5. The number of hydrogen-bond donors (Lipinski definition) is 2. The van der Waals surface area contributed by atoms with E-state index in [4.69, 9.17) is 9.47 Å². The molecule has 0 saturated carbocycles. The van der Waals surface area contributed by atoms with Gasteiger partial charge in [-0.05, 0) is 49.9 Å². The van der Waals surface area contributed by atoms with Crippen molar-refractivity contribution in [1.82, 2.24) is 14.9 Å². The van der Waals surface area contributed by atoms with Crippen LogP contribution in [0.25, 0.3) is 0 Å². The zero-order valence-corrected chi connectivity index (χ0v) is 19.5. The number of benzene rings is 1. The molecule has 1 aliphatic rings. The van der Waals surface area contributed by atoms with Gasteiger partial charge in [-0.15, -0.1) is 0 Å². The molecule has 34 heavy (non-hydrogen) atoms. The van der Waals surface area contributed by atoms with Crippen LogP contribution in [0.2, 0.25) is 0 Å². The van der Waals surface area contributed by atoms with E-state index in [9.17, 15) is 9.18 Å². The Morgan fingerprint density at radius 1 is 1.35 bits per heavy atom. The van der Waals surface area contributed by atoms with Crippen molar-refractivity contribution in [3.8, 4) is 11.6 Å². The Morgan fingerprint density at radius 3 is 2.94 bits per heavy atom. The molecule has 8 nitrogen and oxygen atoms in total. The second kappa shape index (κ2) is 12.6. The molecule has 2 aromatic rings. The number of rotatable bonds is 12. The van der Waals surface area contributed by atoms with Crippen LogP contribution in [0.15, 0.2) is 67.0 Å². The molecule has 9 heteroatoms. The number of nitrogens with zero attached hydrogens (tertiary/aromatic N) is 3. The van der Waals surface area contributed by atoms with Crippen LogP contribution in [0.1, 0.15) is 20.3 Å². The summed E-state index contributed by atoms with van der Waals surface area (Å²) in [6, 6.07) is 6.54. The van der Waals surface area contributed by atoms with Crippen LogP contribution < -0.4 is 15.4 Å². The number of aromatic nitrogens is 2. The summed E-state index contributed by atoms with van der Waals surface area (Å²) in [5, 5.41) is 5.70. The first kappa shape index (κ1) is 25.1. The molecule has 0 saturated heterocycles. The summed E-state index contributed by atoms with van der Waals surface area (Å²) < 4.78 is 25.9. The highest BCUT2D eigenvalue weighted by Crippen LogP contribution is 2.26. The second-order valence-electron chi connectivity index (χ2n) is 7.49. The van der Waals surface area contributed by atoms with E-state index in [-0.39, 0.29) is 23.8 Å². The van der Waals surface area contributed by atoms with Gasteiger partial charge >= 0.3 is 0 Å². The van der Waals surface area contributed by atoms with Gasteiger partial charge in [0.2, 0.25) is 17.7 Å². The number of hydrogen-bond acceptors (Lipinski definition) is 7. The Bertz CT molecular complexity index is 1050. The molecule has 1 aromatic heterocycles. The van der Waals surface area contributed by atoms with Gasteiger partial charge in [0.25, 0.3) is 5.88 Å². The van der Waals surface area contributed by atoms with Crippen LogP contribution in [0.5, 0.6) is 11.6 Å². The minimum absolute atomic E-state index is 0.0623. The van der Waals surface area contributed by atoms with Crippen LogP contribution in [0.4, 0.5) is 16.0 Å². The van der Waals surface area contributed by atoms with Crippen LogP contribution in [-0.2, 0) is 9.53 Å². The molecule has 0 bridgehead atoms. The number of ether oxygens (including phenoxy) is 2. The van der Waals surface area contributed by atoms with Gasteiger partial charge in [-0.2, -0.15) is 9.37 Å². The molecule has 180 valence electrons. The van der Waals surface area contributed by atoms with Gasteiger partial charge in [0.05, 0.1) is 18.9 Å². The number of nitrogens with one attached hydrogen (secondary N) is 2. The SMILES string of the molecule is C=CC(=O)Nc1cccc(Oc2nc(NC3=CC(OCCN(CC)CC)CC=C3)ncc2F)c1. The summed E-state index contributed by atoms with van der Waals surface area (Å²) in [6.07, 6.45) is 8.79. The van der Waals surface area contributed by atoms with E-state index in [0.717, 1.165) is 44.0 Å². The molecule has 1 aliphatic carbocycles. The average molecular weight is 468 g/mol. The molecular formula is C25H30FN5O3. The standard InChI is InChI=1S/C25H30FN5O3/c1-4-23(32)28-18-9-8-12-21(16-18)34-24-22(26)17-27-25(30-24)29-19-10-7-11-20(15-19)33-14-13-31(5-2)6-3/h4,7-10,12,15-17,20H,1,5-6,11,13-14H2,2-3H3,(H,28,32)(H,27,29,30). The Labute approximate surface area is 199 Å². The number of carbonyl (C=O) groups excluding carboxylic acids is 1. The Morgan fingerprint density at radius 2 is 2.18 bits per heavy atom. The van der Waals surface area contributed by atoms with Gasteiger partial charge in [-0.1, -0.05) is 32.6 Å². The first-order valence-corrected chi connectivity index (χ1v) is 11.2. The lowest BCUT2D eigenvalue weighted by atomic mass is 10.1.